The summed E-state index contributed by atoms with van der Waals surface area (Å²) in [5, 5.41) is 2.70. The Morgan fingerprint density at radius 1 is 1.21 bits per heavy atom. The Labute approximate surface area is 114 Å². The molecular formula is C15H21NO3. The van der Waals surface area contributed by atoms with Crippen molar-refractivity contribution in [1.82, 2.24) is 5.32 Å². The lowest BCUT2D eigenvalue weighted by molar-refractivity contribution is -0.155. The van der Waals surface area contributed by atoms with Crippen molar-refractivity contribution in [2.75, 3.05) is 6.61 Å². The first-order valence-electron chi connectivity index (χ1n) is 6.48. The summed E-state index contributed by atoms with van der Waals surface area (Å²) in [6.07, 6.45) is 1.60. The molecule has 0 aliphatic carbocycles. The number of carbonyl (C=O) groups is 2. The van der Waals surface area contributed by atoms with Crippen LogP contribution in [0.5, 0.6) is 0 Å². The van der Waals surface area contributed by atoms with Crippen LogP contribution in [0, 0.1) is 0 Å². The predicted molar refractivity (Wildman–Crippen MR) is 73.6 cm³/mol. The summed E-state index contributed by atoms with van der Waals surface area (Å²) in [5.74, 6) is -1.50. The van der Waals surface area contributed by atoms with Crippen molar-refractivity contribution in [2.45, 2.75) is 39.2 Å². The number of rotatable bonds is 5. The SMILES string of the molecule is CCOC(=O)C(=O)NC(C)(C)CCc1ccccc1. The molecule has 0 bridgehead atoms. The average Bonchev–Trinajstić information content (AvgIpc) is 2.37. The van der Waals surface area contributed by atoms with Crippen molar-refractivity contribution < 1.29 is 14.3 Å². The fourth-order valence-corrected chi connectivity index (χ4v) is 1.72. The van der Waals surface area contributed by atoms with Gasteiger partial charge in [0, 0.05) is 5.54 Å². The largest absolute Gasteiger partial charge is 0.459 e. The van der Waals surface area contributed by atoms with Gasteiger partial charge in [-0.05, 0) is 39.2 Å². The molecule has 1 rings (SSSR count). The molecular weight excluding hydrogens is 242 g/mol. The standard InChI is InChI=1S/C15H21NO3/c1-4-19-14(18)13(17)16-15(2,3)11-10-12-8-6-5-7-9-12/h5-9H,4,10-11H2,1-3H3,(H,16,17). The molecule has 0 radical (unpaired) electrons. The van der Waals surface area contributed by atoms with Crippen molar-refractivity contribution >= 4 is 11.9 Å². The van der Waals surface area contributed by atoms with E-state index < -0.39 is 17.4 Å². The number of carbonyl (C=O) groups excluding carboxylic acids is 2. The molecule has 0 heterocycles. The first kappa shape index (κ1) is 15.2. The third-order valence-electron chi connectivity index (χ3n) is 2.79. The molecule has 0 saturated carbocycles. The summed E-state index contributed by atoms with van der Waals surface area (Å²) in [7, 11) is 0. The Kier molecular flexibility index (Phi) is 5.55. The van der Waals surface area contributed by atoms with Crippen molar-refractivity contribution in [1.29, 1.82) is 0 Å². The van der Waals surface area contributed by atoms with Crippen molar-refractivity contribution in [3.8, 4) is 0 Å². The smallest absolute Gasteiger partial charge is 0.396 e. The second kappa shape index (κ2) is 6.92. The maximum absolute atomic E-state index is 11.6. The first-order chi connectivity index (χ1) is 8.94. The molecule has 19 heavy (non-hydrogen) atoms. The number of benzene rings is 1. The summed E-state index contributed by atoms with van der Waals surface area (Å²) >= 11 is 0. The number of aryl methyl sites for hydroxylation is 1. The summed E-state index contributed by atoms with van der Waals surface area (Å²) < 4.78 is 4.66. The maximum Gasteiger partial charge on any atom is 0.396 e. The van der Waals surface area contributed by atoms with Gasteiger partial charge in [0.2, 0.25) is 0 Å². The quantitative estimate of drug-likeness (QED) is 0.653. The average molecular weight is 263 g/mol. The van der Waals surface area contributed by atoms with Gasteiger partial charge in [-0.3, -0.25) is 4.79 Å². The molecule has 0 spiro atoms. The van der Waals surface area contributed by atoms with Crippen LogP contribution in [0.3, 0.4) is 0 Å². The van der Waals surface area contributed by atoms with Crippen LogP contribution in [0.1, 0.15) is 32.8 Å². The summed E-state index contributed by atoms with van der Waals surface area (Å²) in [5.41, 5.74) is 0.764. The van der Waals surface area contributed by atoms with Gasteiger partial charge in [-0.25, -0.2) is 4.79 Å². The molecule has 0 atom stereocenters. The van der Waals surface area contributed by atoms with E-state index in [9.17, 15) is 9.59 Å². The van der Waals surface area contributed by atoms with E-state index in [4.69, 9.17) is 0 Å². The minimum absolute atomic E-state index is 0.205. The van der Waals surface area contributed by atoms with Crippen LogP contribution < -0.4 is 5.32 Å². The van der Waals surface area contributed by atoms with Crippen molar-refractivity contribution in [3.05, 3.63) is 35.9 Å². The maximum atomic E-state index is 11.6. The zero-order valence-corrected chi connectivity index (χ0v) is 11.7. The van der Waals surface area contributed by atoms with E-state index in [1.165, 1.54) is 5.56 Å². The Morgan fingerprint density at radius 3 is 2.42 bits per heavy atom. The van der Waals surface area contributed by atoms with Crippen LogP contribution in [0.25, 0.3) is 0 Å². The van der Waals surface area contributed by atoms with Gasteiger partial charge >= 0.3 is 11.9 Å². The van der Waals surface area contributed by atoms with E-state index in [0.29, 0.717) is 0 Å². The van der Waals surface area contributed by atoms with E-state index in [2.05, 4.69) is 10.1 Å². The van der Waals surface area contributed by atoms with E-state index in [1.54, 1.807) is 6.92 Å². The zero-order valence-electron chi connectivity index (χ0n) is 11.7. The van der Waals surface area contributed by atoms with Crippen LogP contribution in [-0.4, -0.2) is 24.0 Å². The Morgan fingerprint density at radius 2 is 1.84 bits per heavy atom. The summed E-state index contributed by atoms with van der Waals surface area (Å²) in [4.78, 5) is 22.8. The van der Waals surface area contributed by atoms with E-state index in [0.717, 1.165) is 12.8 Å². The molecule has 4 nitrogen and oxygen atoms in total. The molecule has 0 unspecified atom stereocenters. The molecule has 1 aromatic carbocycles. The fraction of sp³-hybridized carbons (Fsp3) is 0.467. The number of hydrogen-bond donors (Lipinski definition) is 1. The van der Waals surface area contributed by atoms with Crippen molar-refractivity contribution in [2.24, 2.45) is 0 Å². The molecule has 104 valence electrons. The van der Waals surface area contributed by atoms with Gasteiger partial charge in [0.05, 0.1) is 6.61 Å². The Hall–Kier alpha value is -1.84. The Balaban J connectivity index is 2.47. The van der Waals surface area contributed by atoms with Gasteiger partial charge in [-0.15, -0.1) is 0 Å². The van der Waals surface area contributed by atoms with E-state index >= 15 is 0 Å². The molecule has 0 fully saturated rings. The monoisotopic (exact) mass is 263 g/mol. The molecule has 0 aliphatic rings. The molecule has 1 N–H and O–H groups in total. The summed E-state index contributed by atoms with van der Waals surface area (Å²) in [6, 6.07) is 10.0. The van der Waals surface area contributed by atoms with E-state index in [1.807, 2.05) is 44.2 Å². The number of esters is 1. The fourth-order valence-electron chi connectivity index (χ4n) is 1.72. The third kappa shape index (κ3) is 5.55. The van der Waals surface area contributed by atoms with Crippen LogP contribution in [0.4, 0.5) is 0 Å². The summed E-state index contributed by atoms with van der Waals surface area (Å²) in [6.45, 7) is 5.67. The molecule has 4 heteroatoms. The molecule has 0 saturated heterocycles. The lowest BCUT2D eigenvalue weighted by Gasteiger charge is -2.25. The van der Waals surface area contributed by atoms with Gasteiger partial charge in [0.15, 0.2) is 0 Å². The lowest BCUT2D eigenvalue weighted by Crippen LogP contribution is -2.47. The van der Waals surface area contributed by atoms with E-state index in [-0.39, 0.29) is 6.61 Å². The topological polar surface area (TPSA) is 55.4 Å². The second-order valence-corrected chi connectivity index (χ2v) is 5.04. The van der Waals surface area contributed by atoms with Gasteiger partial charge in [0.1, 0.15) is 0 Å². The van der Waals surface area contributed by atoms with Gasteiger partial charge < -0.3 is 10.1 Å². The van der Waals surface area contributed by atoms with Crippen LogP contribution in [-0.2, 0) is 20.7 Å². The zero-order chi connectivity index (χ0) is 14.3. The number of ether oxygens (including phenoxy) is 1. The number of hydrogen-bond acceptors (Lipinski definition) is 3. The minimum Gasteiger partial charge on any atom is -0.459 e. The molecule has 0 aromatic heterocycles. The normalized spacial score (nSPS) is 10.9. The van der Waals surface area contributed by atoms with Gasteiger partial charge in [-0.1, -0.05) is 30.3 Å². The van der Waals surface area contributed by atoms with Gasteiger partial charge in [-0.2, -0.15) is 0 Å². The molecule has 1 aromatic rings. The highest BCUT2D eigenvalue weighted by molar-refractivity contribution is 6.32. The lowest BCUT2D eigenvalue weighted by atomic mass is 9.95. The van der Waals surface area contributed by atoms with Crippen molar-refractivity contribution in [3.63, 3.8) is 0 Å². The second-order valence-electron chi connectivity index (χ2n) is 5.04. The molecule has 0 aliphatic heterocycles. The van der Waals surface area contributed by atoms with Crippen LogP contribution in [0.2, 0.25) is 0 Å². The predicted octanol–water partition coefficient (Wildman–Crippen LogP) is 2.08. The highest BCUT2D eigenvalue weighted by atomic mass is 16.5. The van der Waals surface area contributed by atoms with Gasteiger partial charge in [0.25, 0.3) is 0 Å². The van der Waals surface area contributed by atoms with Crippen LogP contribution >= 0.6 is 0 Å². The number of amides is 1. The third-order valence-corrected chi connectivity index (χ3v) is 2.79. The number of nitrogens with one attached hydrogen (secondary N) is 1. The highest BCUT2D eigenvalue weighted by Crippen LogP contribution is 2.13. The molecule has 1 amide bonds. The minimum atomic E-state index is -0.824. The highest BCUT2D eigenvalue weighted by Gasteiger charge is 2.24. The van der Waals surface area contributed by atoms with Crippen LogP contribution in [0.15, 0.2) is 30.3 Å². The first-order valence-corrected chi connectivity index (χ1v) is 6.48. The Bertz CT molecular complexity index is 426.